The molecule has 1 aromatic rings. The van der Waals surface area contributed by atoms with Crippen molar-refractivity contribution in [1.29, 1.82) is 0 Å². The van der Waals surface area contributed by atoms with Crippen molar-refractivity contribution >= 4 is 23.6 Å². The highest BCUT2D eigenvalue weighted by Gasteiger charge is 2.64. The number of hydrogen-bond acceptors (Lipinski definition) is 3. The van der Waals surface area contributed by atoms with Crippen LogP contribution in [0.4, 0.5) is 18.0 Å². The summed E-state index contributed by atoms with van der Waals surface area (Å²) in [6.45, 7) is 8.81. The van der Waals surface area contributed by atoms with Crippen molar-refractivity contribution in [2.75, 3.05) is 26.2 Å². The van der Waals surface area contributed by atoms with Gasteiger partial charge >= 0.3 is 6.09 Å². The van der Waals surface area contributed by atoms with E-state index in [9.17, 15) is 14.0 Å². The van der Waals surface area contributed by atoms with E-state index in [2.05, 4.69) is 13.8 Å². The zero-order chi connectivity index (χ0) is 26.7. The molecule has 1 spiro atoms. The third-order valence-corrected chi connectivity index (χ3v) is 8.37. The van der Waals surface area contributed by atoms with Crippen molar-refractivity contribution in [2.45, 2.75) is 77.7 Å². The van der Waals surface area contributed by atoms with Gasteiger partial charge < -0.3 is 14.5 Å². The number of rotatable bonds is 2. The molecule has 0 radical (unpaired) electrons. The molecule has 1 saturated carbocycles. The maximum absolute atomic E-state index is 15.5. The van der Waals surface area contributed by atoms with E-state index >= 15 is 8.78 Å². The first-order valence-corrected chi connectivity index (χ1v) is 13.0. The molecule has 4 rings (SSSR count). The first-order chi connectivity index (χ1) is 16.5. The Bertz CT molecular complexity index is 1030. The quantitative estimate of drug-likeness (QED) is 0.440. The topological polar surface area (TPSA) is 49.9 Å². The van der Waals surface area contributed by atoms with E-state index < -0.39 is 41.3 Å². The molecule has 0 bridgehead atoms. The van der Waals surface area contributed by atoms with Crippen LogP contribution in [0.25, 0.3) is 0 Å². The normalized spacial score (nSPS) is 26.9. The molecule has 1 aromatic carbocycles. The lowest BCUT2D eigenvalue weighted by atomic mass is 9.64. The molecule has 2 amide bonds. The molecule has 2 saturated heterocycles. The van der Waals surface area contributed by atoms with Crippen molar-refractivity contribution in [3.8, 4) is 0 Å². The fourth-order valence-electron chi connectivity index (χ4n) is 5.98. The Labute approximate surface area is 216 Å². The first kappa shape index (κ1) is 27.1. The number of piperidine rings is 1. The summed E-state index contributed by atoms with van der Waals surface area (Å²) in [7, 11) is 0. The lowest BCUT2D eigenvalue weighted by molar-refractivity contribution is -0.220. The summed E-state index contributed by atoms with van der Waals surface area (Å²) < 4.78 is 50.0. The summed E-state index contributed by atoms with van der Waals surface area (Å²) >= 11 is 6.37. The molecule has 0 aromatic heterocycles. The van der Waals surface area contributed by atoms with Crippen LogP contribution in [0.15, 0.2) is 18.2 Å². The van der Waals surface area contributed by atoms with Gasteiger partial charge in [-0.1, -0.05) is 31.5 Å². The molecule has 1 aliphatic carbocycles. The predicted octanol–water partition coefficient (Wildman–Crippen LogP) is 6.49. The molecule has 3 fully saturated rings. The van der Waals surface area contributed by atoms with Gasteiger partial charge in [0, 0.05) is 30.6 Å². The highest BCUT2D eigenvalue weighted by molar-refractivity contribution is 6.31. The molecule has 5 nitrogen and oxygen atoms in total. The number of carbonyl (C=O) groups is 2. The molecule has 200 valence electrons. The zero-order valence-electron chi connectivity index (χ0n) is 21.7. The van der Waals surface area contributed by atoms with Gasteiger partial charge in [-0.3, -0.25) is 4.79 Å². The zero-order valence-corrected chi connectivity index (χ0v) is 22.4. The number of amides is 2. The summed E-state index contributed by atoms with van der Waals surface area (Å²) in [6.07, 6.45) is 1.53. The molecule has 36 heavy (non-hydrogen) atoms. The number of likely N-dealkylation sites (tertiary alicyclic amines) is 2. The number of halogens is 4. The summed E-state index contributed by atoms with van der Waals surface area (Å²) in [5.74, 6) is -4.65. The Hall–Kier alpha value is -1.96. The van der Waals surface area contributed by atoms with Crippen LogP contribution in [0, 0.1) is 22.6 Å². The summed E-state index contributed by atoms with van der Waals surface area (Å²) in [5.41, 5.74) is -1.39. The molecule has 3 aliphatic rings. The van der Waals surface area contributed by atoms with Gasteiger partial charge in [-0.2, -0.15) is 0 Å². The maximum atomic E-state index is 15.5. The lowest BCUT2D eigenvalue weighted by Crippen LogP contribution is -2.71. The average molecular weight is 529 g/mol. The third kappa shape index (κ3) is 5.20. The smallest absolute Gasteiger partial charge is 0.410 e. The first-order valence-electron chi connectivity index (χ1n) is 12.6. The van der Waals surface area contributed by atoms with Gasteiger partial charge in [0.2, 0.25) is 5.91 Å². The van der Waals surface area contributed by atoms with E-state index in [1.807, 2.05) is 0 Å². The number of nitrogens with zero attached hydrogens (tertiary/aromatic N) is 2. The minimum atomic E-state index is -3.13. The van der Waals surface area contributed by atoms with Gasteiger partial charge in [-0.25, -0.2) is 18.0 Å². The van der Waals surface area contributed by atoms with Gasteiger partial charge in [0.1, 0.15) is 11.4 Å². The van der Waals surface area contributed by atoms with E-state index in [1.54, 1.807) is 26.8 Å². The van der Waals surface area contributed by atoms with Gasteiger partial charge in [0.25, 0.3) is 5.92 Å². The van der Waals surface area contributed by atoms with Crippen molar-refractivity contribution in [3.63, 3.8) is 0 Å². The Morgan fingerprint density at radius 3 is 2.33 bits per heavy atom. The van der Waals surface area contributed by atoms with Crippen LogP contribution in [-0.4, -0.2) is 59.5 Å². The molecule has 2 aliphatic heterocycles. The SMILES string of the molecule is CC1(C)CC[C@H](C(=O)N2CCC3(CN(C(=O)OC(C)(C)C)C3)C(F)(F)C2)[C@@H](c2ccc(F)cc2Cl)C1. The number of ether oxygens (including phenoxy) is 1. The minimum Gasteiger partial charge on any atom is -0.444 e. The Kier molecular flexibility index (Phi) is 6.85. The average Bonchev–Trinajstić information content (AvgIpc) is 2.69. The van der Waals surface area contributed by atoms with Gasteiger partial charge in [-0.05, 0) is 75.5 Å². The fraction of sp³-hybridized carbons (Fsp3) is 0.704. The molecule has 0 unspecified atom stereocenters. The largest absolute Gasteiger partial charge is 0.444 e. The molecule has 9 heteroatoms. The lowest BCUT2D eigenvalue weighted by Gasteiger charge is -2.57. The van der Waals surface area contributed by atoms with Crippen LogP contribution in [0.5, 0.6) is 0 Å². The van der Waals surface area contributed by atoms with Crippen LogP contribution < -0.4 is 0 Å². The second-order valence-corrected chi connectivity index (χ2v) is 13.0. The van der Waals surface area contributed by atoms with Crippen LogP contribution in [-0.2, 0) is 9.53 Å². The van der Waals surface area contributed by atoms with E-state index in [0.717, 1.165) is 6.42 Å². The standard InChI is InChI=1S/C27H36ClF3N2O3/c1-24(2,3)36-23(35)33-14-26(15-33)10-11-32(16-27(26,30)31)22(34)19-8-9-25(4,5)13-20(19)18-7-6-17(29)12-21(18)28/h6-7,12,19-20H,8-11,13-16H2,1-5H3/t19-,20+/m0/s1. The maximum Gasteiger partial charge on any atom is 0.410 e. The molecular weight excluding hydrogens is 493 g/mol. The number of alkyl halides is 2. The van der Waals surface area contributed by atoms with Gasteiger partial charge in [0.05, 0.1) is 12.0 Å². The highest BCUT2D eigenvalue weighted by Crippen LogP contribution is 2.52. The molecular formula is C27H36ClF3N2O3. The Morgan fingerprint density at radius 2 is 1.75 bits per heavy atom. The van der Waals surface area contributed by atoms with Crippen molar-refractivity contribution in [1.82, 2.24) is 9.80 Å². The second kappa shape index (κ2) is 9.10. The van der Waals surface area contributed by atoms with E-state index in [0.29, 0.717) is 18.4 Å². The number of carbonyl (C=O) groups excluding carboxylic acids is 2. The van der Waals surface area contributed by atoms with E-state index in [-0.39, 0.29) is 48.3 Å². The summed E-state index contributed by atoms with van der Waals surface area (Å²) in [6, 6.07) is 4.19. The fourth-order valence-corrected chi connectivity index (χ4v) is 6.29. The highest BCUT2D eigenvalue weighted by atomic mass is 35.5. The minimum absolute atomic E-state index is 0.0495. The monoisotopic (exact) mass is 528 g/mol. The van der Waals surface area contributed by atoms with Crippen LogP contribution in [0.1, 0.15) is 71.8 Å². The van der Waals surface area contributed by atoms with Crippen LogP contribution in [0.2, 0.25) is 5.02 Å². The van der Waals surface area contributed by atoms with Gasteiger partial charge in [-0.15, -0.1) is 0 Å². The second-order valence-electron chi connectivity index (χ2n) is 12.6. The molecule has 2 atom stereocenters. The predicted molar refractivity (Wildman–Crippen MR) is 132 cm³/mol. The summed E-state index contributed by atoms with van der Waals surface area (Å²) in [4.78, 5) is 28.5. The number of benzene rings is 1. The molecule has 0 N–H and O–H groups in total. The molecule has 2 heterocycles. The van der Waals surface area contributed by atoms with Crippen LogP contribution >= 0.6 is 11.6 Å². The van der Waals surface area contributed by atoms with Gasteiger partial charge in [0.15, 0.2) is 0 Å². The van der Waals surface area contributed by atoms with Crippen molar-refractivity contribution in [2.24, 2.45) is 16.7 Å². The Balaban J connectivity index is 1.48. The number of hydrogen-bond donors (Lipinski definition) is 0. The summed E-state index contributed by atoms with van der Waals surface area (Å²) in [5, 5.41) is 0.259. The van der Waals surface area contributed by atoms with Crippen LogP contribution in [0.3, 0.4) is 0 Å². The van der Waals surface area contributed by atoms with Crippen molar-refractivity contribution < 1.29 is 27.5 Å². The van der Waals surface area contributed by atoms with E-state index in [1.165, 1.54) is 21.9 Å². The van der Waals surface area contributed by atoms with Crippen molar-refractivity contribution in [3.05, 3.63) is 34.6 Å². The third-order valence-electron chi connectivity index (χ3n) is 8.05. The van der Waals surface area contributed by atoms with E-state index in [4.69, 9.17) is 16.3 Å². The Morgan fingerprint density at radius 1 is 1.08 bits per heavy atom.